The van der Waals surface area contributed by atoms with Crippen LogP contribution in [-0.2, 0) is 0 Å². The second-order valence-corrected chi connectivity index (χ2v) is 7.36. The minimum atomic E-state index is -0.503. The number of anilines is 2. The Hall–Kier alpha value is -4.86. The van der Waals surface area contributed by atoms with Crippen LogP contribution in [0, 0.1) is 0 Å². The fourth-order valence-corrected chi connectivity index (χ4v) is 3.41. The summed E-state index contributed by atoms with van der Waals surface area (Å²) in [4.78, 5) is 37.2. The van der Waals surface area contributed by atoms with Gasteiger partial charge in [-0.05, 0) is 35.9 Å². The molecule has 1 aliphatic heterocycles. The van der Waals surface area contributed by atoms with Gasteiger partial charge in [0.15, 0.2) is 0 Å². The molecule has 1 unspecified atom stereocenters. The van der Waals surface area contributed by atoms with Crippen LogP contribution in [0.1, 0.15) is 26.8 Å². The summed E-state index contributed by atoms with van der Waals surface area (Å²) in [6, 6.07) is 19.7. The summed E-state index contributed by atoms with van der Waals surface area (Å²) < 4.78 is 7.02. The van der Waals surface area contributed by atoms with Crippen LogP contribution in [0.3, 0.4) is 0 Å². The van der Waals surface area contributed by atoms with E-state index < -0.39 is 5.92 Å². The van der Waals surface area contributed by atoms with Crippen molar-refractivity contribution in [3.63, 3.8) is 0 Å². The lowest BCUT2D eigenvalue weighted by Gasteiger charge is -2.14. The number of pyridine rings is 1. The number of hydrogen-bond acceptors (Lipinski definition) is 8. The molecule has 4 aromatic rings. The van der Waals surface area contributed by atoms with Gasteiger partial charge >= 0.3 is 0 Å². The summed E-state index contributed by atoms with van der Waals surface area (Å²) in [5.74, 6) is 0.532. The van der Waals surface area contributed by atoms with Crippen molar-refractivity contribution in [2.24, 2.45) is 4.99 Å². The molecule has 3 heterocycles. The minimum Gasteiger partial charge on any atom is -0.457 e. The van der Waals surface area contributed by atoms with Gasteiger partial charge in [0.1, 0.15) is 23.1 Å². The first-order valence-electron chi connectivity index (χ1n) is 10.4. The summed E-state index contributed by atoms with van der Waals surface area (Å²) in [5, 5.41) is 9.88. The number of ether oxygens (including phenoxy) is 1. The van der Waals surface area contributed by atoms with Crippen molar-refractivity contribution in [2.75, 3.05) is 12.4 Å². The molecule has 2 aromatic carbocycles. The molecule has 2 N–H and O–H groups in total. The minimum absolute atomic E-state index is 0.214. The van der Waals surface area contributed by atoms with Crippen LogP contribution in [0.25, 0.3) is 0 Å². The third-order valence-corrected chi connectivity index (χ3v) is 5.10. The molecule has 0 fully saturated rings. The second-order valence-electron chi connectivity index (χ2n) is 7.36. The zero-order chi connectivity index (χ0) is 23.5. The molecule has 0 radical (unpaired) electrons. The third-order valence-electron chi connectivity index (χ3n) is 5.10. The number of fused-ring (bicyclic) bond motifs is 1. The van der Waals surface area contributed by atoms with Crippen molar-refractivity contribution in [3.05, 3.63) is 84.2 Å². The Morgan fingerprint density at radius 3 is 2.59 bits per heavy atom. The van der Waals surface area contributed by atoms with Gasteiger partial charge in [0.25, 0.3) is 17.8 Å². The molecule has 0 spiro atoms. The number of aliphatic imine (C=N–C) groups is 1. The van der Waals surface area contributed by atoms with Crippen LogP contribution in [0.4, 0.5) is 17.6 Å². The first kappa shape index (κ1) is 21.0. The number of carbonyl (C=O) groups excluding carboxylic acids is 2. The lowest BCUT2D eigenvalue weighted by molar-refractivity contribution is 0.0886. The molecular weight excluding hydrogens is 434 g/mol. The zero-order valence-corrected chi connectivity index (χ0v) is 18.0. The summed E-state index contributed by atoms with van der Waals surface area (Å²) >= 11 is 0. The van der Waals surface area contributed by atoms with Crippen LogP contribution in [0.5, 0.6) is 11.5 Å². The molecule has 1 amide bonds. The molecule has 0 aliphatic carbocycles. The van der Waals surface area contributed by atoms with Gasteiger partial charge in [0.05, 0.1) is 0 Å². The standard InChI is InChI=1S/C24H19N7O3/c1-25-21(32)20-13-18(11-12-26-20)34-17-9-7-16(8-10-17)28-23-29-24-27-14-19(22(33)31(24)30-23)15-5-3-2-4-6-15/h2-14,19H,1H3,(H,25,32)(H,28,30). The van der Waals surface area contributed by atoms with Gasteiger partial charge in [-0.2, -0.15) is 9.67 Å². The average Bonchev–Trinajstić information content (AvgIpc) is 3.29. The molecule has 168 valence electrons. The predicted octanol–water partition coefficient (Wildman–Crippen LogP) is 3.71. The van der Waals surface area contributed by atoms with Gasteiger partial charge in [0, 0.05) is 31.2 Å². The molecule has 0 saturated heterocycles. The molecule has 0 saturated carbocycles. The number of amides is 1. The number of nitrogens with zero attached hydrogens (tertiary/aromatic N) is 5. The Bertz CT molecular complexity index is 1380. The second kappa shape index (κ2) is 8.94. The average molecular weight is 453 g/mol. The normalized spacial score (nSPS) is 14.4. The lowest BCUT2D eigenvalue weighted by atomic mass is 9.99. The maximum absolute atomic E-state index is 12.9. The summed E-state index contributed by atoms with van der Waals surface area (Å²) in [6.45, 7) is 0. The number of carbonyl (C=O) groups is 2. The van der Waals surface area contributed by atoms with Crippen molar-refractivity contribution in [2.45, 2.75) is 5.92 Å². The molecule has 5 rings (SSSR count). The highest BCUT2D eigenvalue weighted by molar-refractivity contribution is 6.03. The molecule has 10 heteroatoms. The van der Waals surface area contributed by atoms with Gasteiger partial charge in [-0.3, -0.25) is 14.6 Å². The molecule has 10 nitrogen and oxygen atoms in total. The maximum atomic E-state index is 12.9. The van der Waals surface area contributed by atoms with Gasteiger partial charge < -0.3 is 15.4 Å². The Morgan fingerprint density at radius 2 is 1.82 bits per heavy atom. The van der Waals surface area contributed by atoms with E-state index >= 15 is 0 Å². The predicted molar refractivity (Wildman–Crippen MR) is 125 cm³/mol. The molecule has 0 bridgehead atoms. The Morgan fingerprint density at radius 1 is 1.03 bits per heavy atom. The smallest absolute Gasteiger partial charge is 0.269 e. The topological polar surface area (TPSA) is 123 Å². The third kappa shape index (κ3) is 4.24. The van der Waals surface area contributed by atoms with E-state index in [0.717, 1.165) is 5.56 Å². The fraction of sp³-hybridized carbons (Fsp3) is 0.0833. The molecule has 1 aliphatic rings. The maximum Gasteiger partial charge on any atom is 0.269 e. The fourth-order valence-electron chi connectivity index (χ4n) is 3.41. The molecule has 1 atom stereocenters. The van der Waals surface area contributed by atoms with Crippen LogP contribution in [-0.4, -0.2) is 44.8 Å². The van der Waals surface area contributed by atoms with Crippen molar-refractivity contribution in [1.82, 2.24) is 25.1 Å². The number of aromatic nitrogens is 4. The van der Waals surface area contributed by atoms with Crippen LogP contribution < -0.4 is 15.4 Å². The number of rotatable bonds is 6. The highest BCUT2D eigenvalue weighted by Gasteiger charge is 2.28. The van der Waals surface area contributed by atoms with Gasteiger partial charge in [-0.15, -0.1) is 5.10 Å². The molecular formula is C24H19N7O3. The first-order chi connectivity index (χ1) is 16.6. The number of nitrogens with one attached hydrogen (secondary N) is 2. The van der Waals surface area contributed by atoms with E-state index in [9.17, 15) is 9.59 Å². The monoisotopic (exact) mass is 453 g/mol. The van der Waals surface area contributed by atoms with Crippen molar-refractivity contribution in [1.29, 1.82) is 0 Å². The van der Waals surface area contributed by atoms with Gasteiger partial charge in [-0.25, -0.2) is 4.99 Å². The van der Waals surface area contributed by atoms with E-state index in [0.29, 0.717) is 17.2 Å². The van der Waals surface area contributed by atoms with Crippen molar-refractivity contribution >= 4 is 35.6 Å². The Labute approximate surface area is 194 Å². The quantitative estimate of drug-likeness (QED) is 0.456. The largest absolute Gasteiger partial charge is 0.457 e. The highest BCUT2D eigenvalue weighted by Crippen LogP contribution is 2.27. The van der Waals surface area contributed by atoms with Gasteiger partial charge in [-0.1, -0.05) is 30.3 Å². The first-order valence-corrected chi connectivity index (χ1v) is 10.4. The van der Waals surface area contributed by atoms with Crippen molar-refractivity contribution < 1.29 is 14.3 Å². The van der Waals surface area contributed by atoms with E-state index in [2.05, 4.69) is 30.7 Å². The van der Waals surface area contributed by atoms with Gasteiger partial charge in [0.2, 0.25) is 5.95 Å². The summed E-state index contributed by atoms with van der Waals surface area (Å²) in [5.41, 5.74) is 1.81. The van der Waals surface area contributed by atoms with Crippen LogP contribution >= 0.6 is 0 Å². The molecule has 34 heavy (non-hydrogen) atoms. The number of hydrogen-bond donors (Lipinski definition) is 2. The Balaban J connectivity index is 1.27. The number of benzene rings is 2. The van der Waals surface area contributed by atoms with Crippen LogP contribution in [0.2, 0.25) is 0 Å². The van der Waals surface area contributed by atoms with E-state index in [1.54, 1.807) is 49.7 Å². The summed E-state index contributed by atoms with van der Waals surface area (Å²) in [7, 11) is 1.54. The van der Waals surface area contributed by atoms with E-state index in [1.165, 1.54) is 10.9 Å². The highest BCUT2D eigenvalue weighted by atomic mass is 16.5. The molecule has 2 aromatic heterocycles. The van der Waals surface area contributed by atoms with Crippen LogP contribution in [0.15, 0.2) is 77.9 Å². The van der Waals surface area contributed by atoms with Crippen molar-refractivity contribution in [3.8, 4) is 11.5 Å². The lowest BCUT2D eigenvalue weighted by Crippen LogP contribution is -2.25. The van der Waals surface area contributed by atoms with E-state index in [4.69, 9.17) is 4.74 Å². The van der Waals surface area contributed by atoms with E-state index in [-0.39, 0.29) is 29.4 Å². The zero-order valence-electron chi connectivity index (χ0n) is 18.0. The van der Waals surface area contributed by atoms with E-state index in [1.807, 2.05) is 30.3 Å². The Kier molecular flexibility index (Phi) is 5.53. The SMILES string of the molecule is CNC(=O)c1cc(Oc2ccc(Nc3nc4n(n3)C(=O)C(c3ccccc3)C=N4)cc2)ccn1. The summed E-state index contributed by atoms with van der Waals surface area (Å²) in [6.07, 6.45) is 3.10.